The predicted molar refractivity (Wildman–Crippen MR) is 49.7 cm³/mol. The van der Waals surface area contributed by atoms with Crippen LogP contribution < -0.4 is 4.74 Å². The molecule has 0 aliphatic rings. The van der Waals surface area contributed by atoms with Gasteiger partial charge in [-0.1, -0.05) is 11.6 Å². The molecule has 0 aromatic heterocycles. The first kappa shape index (κ1) is 9.86. The molecule has 1 aromatic rings. The quantitative estimate of drug-likeness (QED) is 0.797. The Bertz CT molecular complexity index is 347. The zero-order valence-corrected chi connectivity index (χ0v) is 8.05. The number of hydrogen-bond acceptors (Lipinski definition) is 2. The Kier molecular flexibility index (Phi) is 2.78. The van der Waals surface area contributed by atoms with Gasteiger partial charge in [0.25, 0.3) is 0 Å². The summed E-state index contributed by atoms with van der Waals surface area (Å²) in [5, 5.41) is 9.16. The molecule has 0 atom stereocenters. The van der Waals surface area contributed by atoms with Crippen LogP contribution in [0.4, 0.5) is 0 Å². The third kappa shape index (κ3) is 1.92. The number of rotatable bonds is 2. The van der Waals surface area contributed by atoms with E-state index < -0.39 is 5.97 Å². The minimum atomic E-state index is -1.00. The van der Waals surface area contributed by atoms with Crippen LogP contribution in [0.5, 0.6) is 5.75 Å². The van der Waals surface area contributed by atoms with Gasteiger partial charge in [0.05, 0.1) is 12.7 Å². The summed E-state index contributed by atoms with van der Waals surface area (Å²) >= 11 is 5.70. The molecular weight excluding hydrogens is 192 g/mol. The van der Waals surface area contributed by atoms with Crippen molar-refractivity contribution < 1.29 is 14.6 Å². The Morgan fingerprint density at radius 1 is 1.54 bits per heavy atom. The molecule has 0 fully saturated rings. The molecule has 70 valence electrons. The fourth-order valence-electron chi connectivity index (χ4n) is 1.09. The van der Waals surface area contributed by atoms with Crippen LogP contribution in [0.1, 0.15) is 15.9 Å². The van der Waals surface area contributed by atoms with E-state index in [0.717, 1.165) is 0 Å². The molecule has 13 heavy (non-hydrogen) atoms. The van der Waals surface area contributed by atoms with Crippen LogP contribution in [0.25, 0.3) is 0 Å². The van der Waals surface area contributed by atoms with Crippen LogP contribution in [0.15, 0.2) is 12.1 Å². The second-order valence-electron chi connectivity index (χ2n) is 2.59. The number of carbonyl (C=O) groups is 1. The maximum Gasteiger partial charge on any atom is 0.336 e. The average molecular weight is 201 g/mol. The second-order valence-corrected chi connectivity index (χ2v) is 3.02. The van der Waals surface area contributed by atoms with Gasteiger partial charge in [-0.2, -0.15) is 0 Å². The van der Waals surface area contributed by atoms with Crippen LogP contribution in [0.2, 0.25) is 5.02 Å². The largest absolute Gasteiger partial charge is 0.496 e. The smallest absolute Gasteiger partial charge is 0.336 e. The Labute approximate surface area is 80.9 Å². The van der Waals surface area contributed by atoms with Crippen molar-refractivity contribution in [2.45, 2.75) is 6.92 Å². The third-order valence-electron chi connectivity index (χ3n) is 1.78. The highest BCUT2D eigenvalue weighted by molar-refractivity contribution is 6.31. The van der Waals surface area contributed by atoms with Crippen molar-refractivity contribution in [2.24, 2.45) is 0 Å². The molecule has 0 heterocycles. The van der Waals surface area contributed by atoms with Gasteiger partial charge in [0.15, 0.2) is 0 Å². The first-order valence-corrected chi connectivity index (χ1v) is 4.01. The van der Waals surface area contributed by atoms with Crippen molar-refractivity contribution in [1.82, 2.24) is 0 Å². The van der Waals surface area contributed by atoms with Crippen LogP contribution in [0, 0.1) is 6.92 Å². The van der Waals surface area contributed by atoms with Crippen molar-refractivity contribution in [1.29, 1.82) is 0 Å². The molecule has 0 saturated heterocycles. The van der Waals surface area contributed by atoms with Gasteiger partial charge in [0.2, 0.25) is 0 Å². The molecular formula is C9H9ClO3. The van der Waals surface area contributed by atoms with Crippen molar-refractivity contribution in [2.75, 3.05) is 7.11 Å². The summed E-state index contributed by atoms with van der Waals surface area (Å²) in [5.41, 5.74) is 0.753. The van der Waals surface area contributed by atoms with E-state index in [4.69, 9.17) is 21.4 Å². The van der Waals surface area contributed by atoms with Crippen molar-refractivity contribution in [3.8, 4) is 5.75 Å². The summed E-state index contributed by atoms with van der Waals surface area (Å²) in [6.07, 6.45) is 0. The highest BCUT2D eigenvalue weighted by atomic mass is 35.5. The number of carboxylic acids is 1. The molecule has 1 rings (SSSR count). The lowest BCUT2D eigenvalue weighted by Crippen LogP contribution is -2.01. The summed E-state index contributed by atoms with van der Waals surface area (Å²) in [7, 11) is 1.48. The van der Waals surface area contributed by atoms with Crippen LogP contribution in [0.3, 0.4) is 0 Å². The monoisotopic (exact) mass is 200 g/mol. The van der Waals surface area contributed by atoms with Crippen molar-refractivity contribution >= 4 is 17.6 Å². The van der Waals surface area contributed by atoms with E-state index in [9.17, 15) is 4.79 Å². The van der Waals surface area contributed by atoms with Gasteiger partial charge in [-0.15, -0.1) is 0 Å². The van der Waals surface area contributed by atoms with E-state index in [0.29, 0.717) is 16.3 Å². The first-order valence-electron chi connectivity index (χ1n) is 3.63. The van der Waals surface area contributed by atoms with Gasteiger partial charge < -0.3 is 9.84 Å². The molecule has 0 radical (unpaired) electrons. The number of ether oxygens (including phenoxy) is 1. The zero-order chi connectivity index (χ0) is 10.0. The first-order chi connectivity index (χ1) is 6.06. The molecule has 0 aliphatic heterocycles. The van der Waals surface area contributed by atoms with E-state index in [2.05, 4.69) is 0 Å². The van der Waals surface area contributed by atoms with E-state index in [-0.39, 0.29) is 5.56 Å². The highest BCUT2D eigenvalue weighted by Crippen LogP contribution is 2.26. The second kappa shape index (κ2) is 3.66. The Hall–Kier alpha value is -1.22. The predicted octanol–water partition coefficient (Wildman–Crippen LogP) is 2.36. The lowest BCUT2D eigenvalue weighted by atomic mass is 10.1. The lowest BCUT2D eigenvalue weighted by Gasteiger charge is -2.07. The maximum absolute atomic E-state index is 10.7. The number of carboxylic acid groups (broad SMARTS) is 1. The summed E-state index contributed by atoms with van der Waals surface area (Å²) in [4.78, 5) is 10.7. The minimum Gasteiger partial charge on any atom is -0.496 e. The highest BCUT2D eigenvalue weighted by Gasteiger charge is 2.12. The SMILES string of the molecule is COc1cc(Cl)cc(C(=O)O)c1C. The molecule has 1 N–H and O–H groups in total. The summed E-state index contributed by atoms with van der Waals surface area (Å²) < 4.78 is 4.97. The van der Waals surface area contributed by atoms with Crippen molar-refractivity contribution in [3.05, 3.63) is 28.3 Å². The Morgan fingerprint density at radius 3 is 2.62 bits per heavy atom. The van der Waals surface area contributed by atoms with Gasteiger partial charge in [-0.25, -0.2) is 4.79 Å². The number of benzene rings is 1. The molecule has 3 nitrogen and oxygen atoms in total. The van der Waals surface area contributed by atoms with Gasteiger partial charge in [0, 0.05) is 10.6 Å². The zero-order valence-electron chi connectivity index (χ0n) is 7.30. The molecule has 0 spiro atoms. The maximum atomic E-state index is 10.7. The standard InChI is InChI=1S/C9H9ClO3/c1-5-7(9(11)12)3-6(10)4-8(5)13-2/h3-4H,1-2H3,(H,11,12). The van der Waals surface area contributed by atoms with Gasteiger partial charge in [-0.05, 0) is 19.1 Å². The third-order valence-corrected chi connectivity index (χ3v) is 1.99. The van der Waals surface area contributed by atoms with Crippen LogP contribution in [-0.2, 0) is 0 Å². The van der Waals surface area contributed by atoms with E-state index in [1.807, 2.05) is 0 Å². The van der Waals surface area contributed by atoms with E-state index in [1.54, 1.807) is 13.0 Å². The van der Waals surface area contributed by atoms with E-state index in [1.165, 1.54) is 13.2 Å². The molecule has 0 unspecified atom stereocenters. The van der Waals surface area contributed by atoms with Gasteiger partial charge >= 0.3 is 5.97 Å². The number of methoxy groups -OCH3 is 1. The normalized spacial score (nSPS) is 9.77. The van der Waals surface area contributed by atoms with Crippen LogP contribution >= 0.6 is 11.6 Å². The molecule has 1 aromatic carbocycles. The number of halogens is 1. The number of aromatic carboxylic acids is 1. The molecule has 0 bridgehead atoms. The fraction of sp³-hybridized carbons (Fsp3) is 0.222. The van der Waals surface area contributed by atoms with E-state index >= 15 is 0 Å². The lowest BCUT2D eigenvalue weighted by molar-refractivity contribution is 0.0695. The van der Waals surface area contributed by atoms with Gasteiger partial charge in [-0.3, -0.25) is 0 Å². The average Bonchev–Trinajstić information content (AvgIpc) is 2.08. The Morgan fingerprint density at radius 2 is 2.15 bits per heavy atom. The van der Waals surface area contributed by atoms with Crippen LogP contribution in [-0.4, -0.2) is 18.2 Å². The molecule has 4 heteroatoms. The molecule has 0 saturated carbocycles. The van der Waals surface area contributed by atoms with Gasteiger partial charge in [0.1, 0.15) is 5.75 Å². The number of hydrogen-bond donors (Lipinski definition) is 1. The molecule has 0 aliphatic carbocycles. The fourth-order valence-corrected chi connectivity index (χ4v) is 1.30. The van der Waals surface area contributed by atoms with Crippen molar-refractivity contribution in [3.63, 3.8) is 0 Å². The Balaban J connectivity index is 3.35. The summed E-state index contributed by atoms with van der Waals surface area (Å²) in [6.45, 7) is 1.68. The summed E-state index contributed by atoms with van der Waals surface area (Å²) in [6, 6.07) is 2.99. The molecule has 0 amide bonds. The summed E-state index contributed by atoms with van der Waals surface area (Å²) in [5.74, 6) is -0.511. The topological polar surface area (TPSA) is 46.5 Å². The minimum absolute atomic E-state index is 0.171.